The zero-order chi connectivity index (χ0) is 14.2. The van der Waals surface area contributed by atoms with Crippen molar-refractivity contribution in [2.45, 2.75) is 6.92 Å². The summed E-state index contributed by atoms with van der Waals surface area (Å²) < 4.78 is 13.2. The van der Waals surface area contributed by atoms with E-state index in [9.17, 15) is 14.0 Å². The Morgan fingerprint density at radius 2 is 2.11 bits per heavy atom. The number of carbonyl (C=O) groups is 2. The molecule has 5 nitrogen and oxygen atoms in total. The molecule has 1 amide bonds. The lowest BCUT2D eigenvalue weighted by Gasteiger charge is -2.17. The third kappa shape index (κ3) is 2.52. The number of benzene rings is 1. The maximum Gasteiger partial charge on any atom is 0.308 e. The van der Waals surface area contributed by atoms with Crippen LogP contribution in [0, 0.1) is 17.7 Å². The van der Waals surface area contributed by atoms with E-state index in [0.717, 1.165) is 6.07 Å². The molecule has 102 valence electrons. The summed E-state index contributed by atoms with van der Waals surface area (Å²) in [7, 11) is 0. The van der Waals surface area contributed by atoms with Crippen LogP contribution in [0.15, 0.2) is 18.2 Å². The van der Waals surface area contributed by atoms with Crippen molar-refractivity contribution in [3.05, 3.63) is 29.6 Å². The second-order valence-electron chi connectivity index (χ2n) is 4.86. The van der Waals surface area contributed by atoms with E-state index < -0.39 is 23.6 Å². The molecule has 0 spiro atoms. The summed E-state index contributed by atoms with van der Waals surface area (Å²) in [5.41, 5.74) is 5.93. The topological polar surface area (TPSA) is 83.6 Å². The van der Waals surface area contributed by atoms with Crippen LogP contribution in [-0.4, -0.2) is 35.0 Å². The van der Waals surface area contributed by atoms with E-state index in [4.69, 9.17) is 10.8 Å². The van der Waals surface area contributed by atoms with Crippen molar-refractivity contribution in [1.82, 2.24) is 4.90 Å². The Labute approximate surface area is 109 Å². The van der Waals surface area contributed by atoms with Crippen LogP contribution in [0.1, 0.15) is 17.3 Å². The standard InChI is InChI=1S/C13H15FN2O3/c1-7-5-16(6-10(7)13(18)19)12(17)9-4-8(14)2-3-11(9)15/h2-4,7,10H,5-6,15H2,1H3,(H,18,19). The lowest BCUT2D eigenvalue weighted by Crippen LogP contribution is -2.30. The number of nitrogen functional groups attached to an aromatic ring is 1. The Balaban J connectivity index is 2.22. The third-order valence-corrected chi connectivity index (χ3v) is 3.46. The van der Waals surface area contributed by atoms with Gasteiger partial charge in [0, 0.05) is 18.8 Å². The molecule has 1 saturated heterocycles. The average Bonchev–Trinajstić information content (AvgIpc) is 2.74. The molecule has 2 unspecified atom stereocenters. The van der Waals surface area contributed by atoms with E-state index in [1.54, 1.807) is 6.92 Å². The number of hydrogen-bond donors (Lipinski definition) is 2. The van der Waals surface area contributed by atoms with E-state index >= 15 is 0 Å². The first-order valence-corrected chi connectivity index (χ1v) is 5.97. The maximum atomic E-state index is 13.2. The van der Waals surface area contributed by atoms with Gasteiger partial charge in [0.15, 0.2) is 0 Å². The molecular formula is C13H15FN2O3. The van der Waals surface area contributed by atoms with Crippen LogP contribution in [0.25, 0.3) is 0 Å². The van der Waals surface area contributed by atoms with Gasteiger partial charge >= 0.3 is 5.97 Å². The number of hydrogen-bond acceptors (Lipinski definition) is 3. The molecule has 2 atom stereocenters. The summed E-state index contributed by atoms with van der Waals surface area (Å²) in [5.74, 6) is -2.60. The lowest BCUT2D eigenvalue weighted by molar-refractivity contribution is -0.142. The van der Waals surface area contributed by atoms with Gasteiger partial charge in [-0.05, 0) is 24.1 Å². The number of rotatable bonds is 2. The number of nitrogens with two attached hydrogens (primary N) is 1. The second-order valence-corrected chi connectivity index (χ2v) is 4.86. The van der Waals surface area contributed by atoms with Crippen molar-refractivity contribution >= 4 is 17.6 Å². The van der Waals surface area contributed by atoms with Crippen LogP contribution >= 0.6 is 0 Å². The SMILES string of the molecule is CC1CN(C(=O)c2cc(F)ccc2N)CC1C(=O)O. The fourth-order valence-corrected chi connectivity index (χ4v) is 2.34. The Kier molecular flexibility index (Phi) is 3.42. The second kappa shape index (κ2) is 4.87. The van der Waals surface area contributed by atoms with Gasteiger partial charge in [0.1, 0.15) is 5.82 Å². The van der Waals surface area contributed by atoms with Crippen molar-refractivity contribution in [2.75, 3.05) is 18.8 Å². The van der Waals surface area contributed by atoms with Crippen LogP contribution < -0.4 is 5.73 Å². The highest BCUT2D eigenvalue weighted by Crippen LogP contribution is 2.26. The van der Waals surface area contributed by atoms with Gasteiger partial charge in [0.2, 0.25) is 0 Å². The van der Waals surface area contributed by atoms with E-state index in [-0.39, 0.29) is 23.7 Å². The highest BCUT2D eigenvalue weighted by Gasteiger charge is 2.37. The maximum absolute atomic E-state index is 13.2. The van der Waals surface area contributed by atoms with Crippen LogP contribution in [0.2, 0.25) is 0 Å². The minimum atomic E-state index is -0.921. The Morgan fingerprint density at radius 1 is 1.42 bits per heavy atom. The molecule has 1 aliphatic heterocycles. The average molecular weight is 266 g/mol. The van der Waals surface area contributed by atoms with Crippen molar-refractivity contribution in [3.63, 3.8) is 0 Å². The first kappa shape index (κ1) is 13.3. The van der Waals surface area contributed by atoms with Gasteiger partial charge < -0.3 is 15.7 Å². The van der Waals surface area contributed by atoms with Crippen LogP contribution in [-0.2, 0) is 4.79 Å². The smallest absolute Gasteiger partial charge is 0.308 e. The quantitative estimate of drug-likeness (QED) is 0.788. The van der Waals surface area contributed by atoms with E-state index in [0.29, 0.717) is 6.54 Å². The number of aliphatic carboxylic acids is 1. The molecule has 2 rings (SSSR count). The predicted molar refractivity (Wildman–Crippen MR) is 67.0 cm³/mol. The zero-order valence-corrected chi connectivity index (χ0v) is 10.5. The Hall–Kier alpha value is -2.11. The van der Waals surface area contributed by atoms with Crippen LogP contribution in [0.5, 0.6) is 0 Å². The van der Waals surface area contributed by atoms with Gasteiger partial charge in [0.05, 0.1) is 11.5 Å². The zero-order valence-electron chi connectivity index (χ0n) is 10.5. The molecule has 1 aromatic carbocycles. The molecule has 0 radical (unpaired) electrons. The highest BCUT2D eigenvalue weighted by molar-refractivity contribution is 5.99. The number of carboxylic acids is 1. The molecule has 1 heterocycles. The van der Waals surface area contributed by atoms with Gasteiger partial charge in [0.25, 0.3) is 5.91 Å². The molecule has 3 N–H and O–H groups in total. The largest absolute Gasteiger partial charge is 0.481 e. The molecule has 1 aliphatic rings. The monoisotopic (exact) mass is 266 g/mol. The molecule has 19 heavy (non-hydrogen) atoms. The molecule has 1 fully saturated rings. The first-order valence-electron chi connectivity index (χ1n) is 5.97. The van der Waals surface area contributed by atoms with E-state index in [1.807, 2.05) is 0 Å². The van der Waals surface area contributed by atoms with Crippen molar-refractivity contribution in [1.29, 1.82) is 0 Å². The molecule has 0 saturated carbocycles. The fraction of sp³-hybridized carbons (Fsp3) is 0.385. The van der Waals surface area contributed by atoms with E-state index in [2.05, 4.69) is 0 Å². The van der Waals surface area contributed by atoms with Crippen molar-refractivity contribution in [2.24, 2.45) is 11.8 Å². The molecule has 1 aromatic rings. The number of nitrogens with zero attached hydrogens (tertiary/aromatic N) is 1. The summed E-state index contributed by atoms with van der Waals surface area (Å²) in [6, 6.07) is 3.59. The van der Waals surface area contributed by atoms with Gasteiger partial charge in [-0.3, -0.25) is 9.59 Å². The molecule has 6 heteroatoms. The van der Waals surface area contributed by atoms with E-state index in [1.165, 1.54) is 17.0 Å². The summed E-state index contributed by atoms with van der Waals surface area (Å²) >= 11 is 0. The number of carboxylic acid groups (broad SMARTS) is 1. The Morgan fingerprint density at radius 3 is 2.68 bits per heavy atom. The van der Waals surface area contributed by atoms with Gasteiger partial charge in [-0.2, -0.15) is 0 Å². The number of halogens is 1. The van der Waals surface area contributed by atoms with Gasteiger partial charge in [-0.1, -0.05) is 6.92 Å². The summed E-state index contributed by atoms with van der Waals surface area (Å²) in [4.78, 5) is 24.6. The molecule has 0 bridgehead atoms. The summed E-state index contributed by atoms with van der Waals surface area (Å²) in [5, 5.41) is 9.03. The fourth-order valence-electron chi connectivity index (χ4n) is 2.34. The predicted octanol–water partition coefficient (Wildman–Crippen LogP) is 1.20. The van der Waals surface area contributed by atoms with Gasteiger partial charge in [-0.25, -0.2) is 4.39 Å². The van der Waals surface area contributed by atoms with Crippen molar-refractivity contribution < 1.29 is 19.1 Å². The van der Waals surface area contributed by atoms with Gasteiger partial charge in [-0.15, -0.1) is 0 Å². The summed E-state index contributed by atoms with van der Waals surface area (Å²) in [6.07, 6.45) is 0. The summed E-state index contributed by atoms with van der Waals surface area (Å²) in [6.45, 7) is 2.25. The molecular weight excluding hydrogens is 251 g/mol. The van der Waals surface area contributed by atoms with Crippen LogP contribution in [0.4, 0.5) is 10.1 Å². The number of amides is 1. The number of anilines is 1. The number of carbonyl (C=O) groups excluding carboxylic acids is 1. The molecule has 0 aromatic heterocycles. The Bertz CT molecular complexity index is 533. The minimum Gasteiger partial charge on any atom is -0.481 e. The third-order valence-electron chi connectivity index (χ3n) is 3.46. The molecule has 0 aliphatic carbocycles. The number of likely N-dealkylation sites (tertiary alicyclic amines) is 1. The minimum absolute atomic E-state index is 0.0817. The van der Waals surface area contributed by atoms with Crippen LogP contribution in [0.3, 0.4) is 0 Å². The highest BCUT2D eigenvalue weighted by atomic mass is 19.1. The van der Waals surface area contributed by atoms with Crippen molar-refractivity contribution in [3.8, 4) is 0 Å². The lowest BCUT2D eigenvalue weighted by atomic mass is 9.99. The normalized spacial score (nSPS) is 22.5. The first-order chi connectivity index (χ1) is 8.90.